The van der Waals surface area contributed by atoms with Crippen molar-refractivity contribution in [2.45, 2.75) is 0 Å². The van der Waals surface area contributed by atoms with E-state index in [1.165, 1.54) is 0 Å². The summed E-state index contributed by atoms with van der Waals surface area (Å²) in [7, 11) is 0. The minimum absolute atomic E-state index is 0.657. The molecule has 0 saturated carbocycles. The van der Waals surface area contributed by atoms with Gasteiger partial charge in [0.1, 0.15) is 5.82 Å². The van der Waals surface area contributed by atoms with Gasteiger partial charge >= 0.3 is 0 Å². The summed E-state index contributed by atoms with van der Waals surface area (Å²) in [4.78, 5) is 5.25. The number of para-hydroxylation sites is 3. The summed E-state index contributed by atoms with van der Waals surface area (Å²) in [5.74, 6) is 0.657. The number of pyridine rings is 1. The van der Waals surface area contributed by atoms with Gasteiger partial charge in [0.25, 0.3) is 0 Å². The lowest BCUT2D eigenvalue weighted by Gasteiger charge is -2.13. The van der Waals surface area contributed by atoms with Crippen molar-refractivity contribution in [3.63, 3.8) is 0 Å². The van der Waals surface area contributed by atoms with Gasteiger partial charge in [-0.25, -0.2) is 4.98 Å². The van der Waals surface area contributed by atoms with Gasteiger partial charge in [0.05, 0.1) is 33.6 Å². The average Bonchev–Trinajstić information content (AvgIpc) is 3.73. The largest absolute Gasteiger partial charge is 0.383 e. The van der Waals surface area contributed by atoms with Crippen LogP contribution < -0.4 is 11.1 Å². The second kappa shape index (κ2) is 13.0. The maximum absolute atomic E-state index is 7.13. The van der Waals surface area contributed by atoms with Crippen LogP contribution in [0.4, 0.5) is 17.2 Å². The monoisotopic (exact) mass is 693 g/mol. The molecule has 10 aromatic rings. The first-order valence-electron chi connectivity index (χ1n) is 18.2. The van der Waals surface area contributed by atoms with E-state index in [0.717, 1.165) is 89.1 Å². The molecule has 0 aliphatic heterocycles. The highest BCUT2D eigenvalue weighted by Crippen LogP contribution is 2.45. The Labute approximate surface area is 313 Å². The van der Waals surface area contributed by atoms with Crippen LogP contribution in [0, 0.1) is 0 Å². The van der Waals surface area contributed by atoms with Gasteiger partial charge in [-0.2, -0.15) is 0 Å². The van der Waals surface area contributed by atoms with Crippen LogP contribution in [0.1, 0.15) is 0 Å². The Balaban J connectivity index is 1.21. The number of rotatable bonds is 7. The van der Waals surface area contributed by atoms with Crippen molar-refractivity contribution in [3.8, 4) is 45.0 Å². The number of aromatic nitrogens is 3. The number of anilines is 3. The van der Waals surface area contributed by atoms with Crippen molar-refractivity contribution in [3.05, 3.63) is 194 Å². The van der Waals surface area contributed by atoms with Crippen LogP contribution in [0.15, 0.2) is 194 Å². The lowest BCUT2D eigenvalue weighted by molar-refractivity contribution is 1.14. The molecule has 0 bridgehead atoms. The SMILES string of the molecule is Nc1c(Nc2ccccc2)c2c3c4ccccc4n(-c4cccc(-c5cc(-c6ccccc6)cc(-c6ccccc6)n5)c4)c3ccc2n1-c1ccccc1. The zero-order valence-corrected chi connectivity index (χ0v) is 29.4. The summed E-state index contributed by atoms with van der Waals surface area (Å²) in [6, 6.07) is 67.7. The van der Waals surface area contributed by atoms with E-state index in [1.807, 2.05) is 30.3 Å². The molecule has 0 aliphatic rings. The lowest BCUT2D eigenvalue weighted by atomic mass is 10.00. The number of hydrogen-bond donors (Lipinski definition) is 2. The molecule has 54 heavy (non-hydrogen) atoms. The quantitative estimate of drug-likeness (QED) is 0.175. The molecule has 5 nitrogen and oxygen atoms in total. The Morgan fingerprint density at radius 1 is 0.407 bits per heavy atom. The Morgan fingerprint density at radius 3 is 1.69 bits per heavy atom. The fourth-order valence-corrected chi connectivity index (χ4v) is 7.82. The van der Waals surface area contributed by atoms with Gasteiger partial charge in [0, 0.05) is 44.3 Å². The summed E-state index contributed by atoms with van der Waals surface area (Å²) < 4.78 is 4.53. The van der Waals surface area contributed by atoms with Crippen molar-refractivity contribution in [2.75, 3.05) is 11.1 Å². The molecular weight excluding hydrogens is 659 g/mol. The molecule has 5 heteroatoms. The van der Waals surface area contributed by atoms with Crippen LogP contribution in [0.5, 0.6) is 0 Å². The summed E-state index contributed by atoms with van der Waals surface area (Å²) >= 11 is 0. The van der Waals surface area contributed by atoms with Crippen LogP contribution in [-0.4, -0.2) is 14.1 Å². The van der Waals surface area contributed by atoms with Crippen LogP contribution in [0.2, 0.25) is 0 Å². The van der Waals surface area contributed by atoms with Gasteiger partial charge in [-0.15, -0.1) is 0 Å². The average molecular weight is 694 g/mol. The molecule has 3 heterocycles. The van der Waals surface area contributed by atoms with Gasteiger partial charge in [0.2, 0.25) is 0 Å². The molecule has 0 fully saturated rings. The van der Waals surface area contributed by atoms with Gasteiger partial charge in [-0.05, 0) is 77.9 Å². The van der Waals surface area contributed by atoms with E-state index >= 15 is 0 Å². The first-order valence-corrected chi connectivity index (χ1v) is 18.2. The smallest absolute Gasteiger partial charge is 0.133 e. The molecule has 0 atom stereocenters. The first-order chi connectivity index (χ1) is 26.7. The highest BCUT2D eigenvalue weighted by molar-refractivity contribution is 6.26. The van der Waals surface area contributed by atoms with E-state index in [-0.39, 0.29) is 0 Å². The minimum atomic E-state index is 0.657. The molecule has 7 aromatic carbocycles. The molecule has 0 spiro atoms. The third-order valence-electron chi connectivity index (χ3n) is 10.3. The van der Waals surface area contributed by atoms with E-state index in [2.05, 4.69) is 178 Å². The lowest BCUT2D eigenvalue weighted by Crippen LogP contribution is -2.01. The molecule has 3 aromatic heterocycles. The molecular formula is C49H35N5. The maximum Gasteiger partial charge on any atom is 0.133 e. The van der Waals surface area contributed by atoms with Crippen LogP contribution >= 0.6 is 0 Å². The number of nitrogens with two attached hydrogens (primary N) is 1. The van der Waals surface area contributed by atoms with Crippen LogP contribution in [0.25, 0.3) is 77.7 Å². The fraction of sp³-hybridized carbons (Fsp3) is 0. The van der Waals surface area contributed by atoms with Crippen LogP contribution in [0.3, 0.4) is 0 Å². The zero-order valence-electron chi connectivity index (χ0n) is 29.4. The van der Waals surface area contributed by atoms with E-state index in [9.17, 15) is 0 Å². The van der Waals surface area contributed by atoms with Crippen molar-refractivity contribution < 1.29 is 0 Å². The summed E-state index contributed by atoms with van der Waals surface area (Å²) in [5.41, 5.74) is 20.6. The molecule has 256 valence electrons. The Bertz CT molecular complexity index is 2890. The van der Waals surface area contributed by atoms with Crippen molar-refractivity contribution in [1.29, 1.82) is 0 Å². The molecule has 0 aliphatic carbocycles. The van der Waals surface area contributed by atoms with E-state index < -0.39 is 0 Å². The Morgan fingerprint density at radius 2 is 0.963 bits per heavy atom. The Kier molecular flexibility index (Phi) is 7.55. The van der Waals surface area contributed by atoms with Crippen molar-refractivity contribution >= 4 is 49.9 Å². The number of nitrogens with one attached hydrogen (secondary N) is 1. The number of benzene rings is 7. The third-order valence-corrected chi connectivity index (χ3v) is 10.3. The molecule has 0 unspecified atom stereocenters. The second-order valence-electron chi connectivity index (χ2n) is 13.5. The third kappa shape index (κ3) is 5.30. The highest BCUT2D eigenvalue weighted by atomic mass is 15.1. The number of nitrogens with zero attached hydrogens (tertiary/aromatic N) is 3. The first kappa shape index (κ1) is 31.4. The number of hydrogen-bond acceptors (Lipinski definition) is 3. The highest BCUT2D eigenvalue weighted by Gasteiger charge is 2.23. The summed E-state index contributed by atoms with van der Waals surface area (Å²) in [6.45, 7) is 0. The molecule has 0 saturated heterocycles. The summed E-state index contributed by atoms with van der Waals surface area (Å²) in [5, 5.41) is 7.09. The van der Waals surface area contributed by atoms with Gasteiger partial charge in [0.15, 0.2) is 0 Å². The standard InChI is InChI=1S/C49H35N5/c50-49-48(51-37-21-9-3-10-22-37)47-45(54(49)38-23-11-4-12-24-38)29-28-44-46(47)40-26-13-14-27-43(40)53(44)39-25-15-20-35(30-39)42-32-36(33-16-5-1-6-17-33)31-41(52-42)34-18-7-2-8-19-34/h1-32,51H,50H2. The Hall–Kier alpha value is -7.37. The normalized spacial score (nSPS) is 11.4. The summed E-state index contributed by atoms with van der Waals surface area (Å²) in [6.07, 6.45) is 0. The number of fused-ring (bicyclic) bond motifs is 5. The van der Waals surface area contributed by atoms with Gasteiger partial charge in [-0.1, -0.05) is 127 Å². The molecule has 10 rings (SSSR count). The van der Waals surface area contributed by atoms with Gasteiger partial charge in [-0.3, -0.25) is 4.57 Å². The number of nitrogen functional groups attached to an aromatic ring is 1. The molecule has 0 radical (unpaired) electrons. The predicted molar refractivity (Wildman–Crippen MR) is 226 cm³/mol. The van der Waals surface area contributed by atoms with Crippen molar-refractivity contribution in [2.24, 2.45) is 0 Å². The van der Waals surface area contributed by atoms with E-state index in [1.54, 1.807) is 0 Å². The second-order valence-corrected chi connectivity index (χ2v) is 13.5. The maximum atomic E-state index is 7.13. The van der Waals surface area contributed by atoms with Crippen molar-refractivity contribution in [1.82, 2.24) is 14.1 Å². The topological polar surface area (TPSA) is 60.8 Å². The van der Waals surface area contributed by atoms with E-state index in [4.69, 9.17) is 10.7 Å². The molecule has 0 amide bonds. The van der Waals surface area contributed by atoms with E-state index in [0.29, 0.717) is 5.82 Å². The fourth-order valence-electron chi connectivity index (χ4n) is 7.82. The van der Waals surface area contributed by atoms with Crippen LogP contribution in [-0.2, 0) is 0 Å². The zero-order chi connectivity index (χ0) is 36.0. The van der Waals surface area contributed by atoms with Gasteiger partial charge < -0.3 is 15.6 Å². The minimum Gasteiger partial charge on any atom is -0.383 e. The molecule has 3 N–H and O–H groups in total. The predicted octanol–water partition coefficient (Wildman–Crippen LogP) is 12.4.